The smallest absolute Gasteiger partial charge is 0.213 e. The number of Topliss-reactive ketones (excluding diaryl/α,β-unsaturated/α-hetero) is 1. The Kier molecular flexibility index (Phi) is 5.28. The predicted octanol–water partition coefficient (Wildman–Crippen LogP) is 7.10. The van der Waals surface area contributed by atoms with Gasteiger partial charge in [-0.2, -0.15) is 0 Å². The molecule has 0 aromatic heterocycles. The highest BCUT2D eigenvalue weighted by Crippen LogP contribution is 2.60. The highest BCUT2D eigenvalue weighted by Gasteiger charge is 2.62. The van der Waals surface area contributed by atoms with Crippen molar-refractivity contribution in [1.82, 2.24) is 0 Å². The van der Waals surface area contributed by atoms with Crippen LogP contribution in [0.15, 0.2) is 109 Å². The lowest BCUT2D eigenvalue weighted by Gasteiger charge is -2.36. The number of carbonyl (C=O) groups excluding carboxylic acids is 1. The van der Waals surface area contributed by atoms with Crippen molar-refractivity contribution in [3.63, 3.8) is 0 Å². The standard InChI is InChI=1S/C30H25NO2S/c1-21-16-18-22(19-17-21)27-28(23-10-4-2-5-11-23)31(25-13-6-3-7-14-25)33-30(27)29(32)26-15-9-8-12-24(26)20-34-30/h2-19,27-28H,20H2,1H3/t27-,28-,30+/m0/s1. The van der Waals surface area contributed by atoms with Crippen LogP contribution in [-0.4, -0.2) is 10.7 Å². The minimum atomic E-state index is -1.06. The average Bonchev–Trinajstić information content (AvgIpc) is 3.24. The first kappa shape index (κ1) is 21.2. The molecule has 2 heterocycles. The van der Waals surface area contributed by atoms with E-state index >= 15 is 0 Å². The Morgan fingerprint density at radius 1 is 0.794 bits per heavy atom. The Morgan fingerprint density at radius 2 is 1.44 bits per heavy atom. The summed E-state index contributed by atoms with van der Waals surface area (Å²) in [6.45, 7) is 2.09. The Morgan fingerprint density at radius 3 is 2.18 bits per heavy atom. The number of fused-ring (bicyclic) bond motifs is 1. The second kappa shape index (κ2) is 8.46. The van der Waals surface area contributed by atoms with Crippen molar-refractivity contribution in [3.8, 4) is 0 Å². The van der Waals surface area contributed by atoms with E-state index in [9.17, 15) is 4.79 Å². The first-order valence-corrected chi connectivity index (χ1v) is 12.6. The third-order valence-electron chi connectivity index (χ3n) is 6.82. The molecular formula is C30H25NO2S. The van der Waals surface area contributed by atoms with Crippen LogP contribution in [0.3, 0.4) is 0 Å². The largest absolute Gasteiger partial charge is 0.290 e. The summed E-state index contributed by atoms with van der Waals surface area (Å²) in [5, 5.41) is 1.97. The van der Waals surface area contributed by atoms with Gasteiger partial charge in [0.15, 0.2) is 0 Å². The Labute approximate surface area is 204 Å². The van der Waals surface area contributed by atoms with Crippen molar-refractivity contribution >= 4 is 23.2 Å². The Hall–Kier alpha value is -3.34. The van der Waals surface area contributed by atoms with E-state index in [4.69, 9.17) is 4.84 Å². The average molecular weight is 464 g/mol. The lowest BCUT2D eigenvalue weighted by molar-refractivity contribution is 0.0386. The minimum absolute atomic E-state index is 0.0456. The van der Waals surface area contributed by atoms with E-state index in [2.05, 4.69) is 55.5 Å². The van der Waals surface area contributed by atoms with Gasteiger partial charge in [-0.3, -0.25) is 4.79 Å². The number of carbonyl (C=O) groups is 1. The fourth-order valence-corrected chi connectivity index (χ4v) is 6.59. The van der Waals surface area contributed by atoms with Gasteiger partial charge in [-0.25, -0.2) is 9.90 Å². The molecule has 0 saturated carbocycles. The molecule has 4 aromatic rings. The summed E-state index contributed by atoms with van der Waals surface area (Å²) in [6.07, 6.45) is 0. The summed E-state index contributed by atoms with van der Waals surface area (Å²) in [5.74, 6) is 0.583. The van der Waals surface area contributed by atoms with Crippen LogP contribution < -0.4 is 5.06 Å². The van der Waals surface area contributed by atoms with Crippen LogP contribution in [0.4, 0.5) is 5.69 Å². The number of hydroxylamine groups is 1. The number of hydrogen-bond donors (Lipinski definition) is 0. The molecule has 3 atom stereocenters. The minimum Gasteiger partial charge on any atom is -0.290 e. The SMILES string of the molecule is Cc1ccc([C@H]2[C@H](c3ccccc3)N(c3ccccc3)O[C@@]23SCc2ccccc2C3=O)cc1. The van der Waals surface area contributed by atoms with Crippen LogP contribution in [-0.2, 0) is 10.6 Å². The van der Waals surface area contributed by atoms with Gasteiger partial charge in [-0.15, -0.1) is 11.8 Å². The molecule has 34 heavy (non-hydrogen) atoms. The normalized spacial score (nSPS) is 23.8. The van der Waals surface area contributed by atoms with Gasteiger partial charge in [0.05, 0.1) is 17.6 Å². The topological polar surface area (TPSA) is 29.5 Å². The van der Waals surface area contributed by atoms with Crippen LogP contribution in [0, 0.1) is 6.92 Å². The van der Waals surface area contributed by atoms with Crippen molar-refractivity contribution in [2.24, 2.45) is 0 Å². The molecule has 1 spiro atoms. The predicted molar refractivity (Wildman–Crippen MR) is 138 cm³/mol. The number of ketones is 1. The number of benzene rings is 4. The second-order valence-corrected chi connectivity index (χ2v) is 10.1. The quantitative estimate of drug-likeness (QED) is 0.324. The maximum absolute atomic E-state index is 14.3. The number of anilines is 1. The van der Waals surface area contributed by atoms with Crippen molar-refractivity contribution in [2.75, 3.05) is 5.06 Å². The zero-order chi connectivity index (χ0) is 23.1. The Balaban J connectivity index is 1.59. The summed E-state index contributed by atoms with van der Waals surface area (Å²) >= 11 is 1.61. The maximum Gasteiger partial charge on any atom is 0.213 e. The summed E-state index contributed by atoms with van der Waals surface area (Å²) in [7, 11) is 0. The van der Waals surface area contributed by atoms with Gasteiger partial charge < -0.3 is 0 Å². The number of thioether (sulfide) groups is 1. The summed E-state index contributed by atoms with van der Waals surface area (Å²) in [6, 6.07) is 36.9. The lowest BCUT2D eigenvalue weighted by Crippen LogP contribution is -2.43. The molecule has 6 rings (SSSR count). The molecule has 0 bridgehead atoms. The van der Waals surface area contributed by atoms with E-state index in [1.54, 1.807) is 11.8 Å². The van der Waals surface area contributed by atoms with Gasteiger partial charge >= 0.3 is 0 Å². The van der Waals surface area contributed by atoms with Gasteiger partial charge in [0, 0.05) is 11.3 Å². The van der Waals surface area contributed by atoms with Gasteiger partial charge in [-0.05, 0) is 35.7 Å². The molecular weight excluding hydrogens is 438 g/mol. The molecule has 1 fully saturated rings. The van der Waals surface area contributed by atoms with Crippen molar-refractivity contribution < 1.29 is 9.63 Å². The molecule has 1 saturated heterocycles. The summed E-state index contributed by atoms with van der Waals surface area (Å²) in [4.78, 5) is 20.1. The van der Waals surface area contributed by atoms with Gasteiger partial charge in [0.1, 0.15) is 0 Å². The molecule has 0 unspecified atom stereocenters. The van der Waals surface area contributed by atoms with Crippen molar-refractivity contribution in [3.05, 3.63) is 137 Å². The zero-order valence-electron chi connectivity index (χ0n) is 18.9. The third kappa shape index (κ3) is 3.37. The first-order chi connectivity index (χ1) is 16.7. The lowest BCUT2D eigenvalue weighted by atomic mass is 9.80. The fraction of sp³-hybridized carbons (Fsp3) is 0.167. The van der Waals surface area contributed by atoms with E-state index in [0.29, 0.717) is 0 Å². The molecule has 168 valence electrons. The van der Waals surface area contributed by atoms with Crippen LogP contribution in [0.25, 0.3) is 0 Å². The van der Waals surface area contributed by atoms with Crippen molar-refractivity contribution in [1.29, 1.82) is 0 Å². The molecule has 0 amide bonds. The van der Waals surface area contributed by atoms with Crippen LogP contribution in [0.1, 0.15) is 44.6 Å². The van der Waals surface area contributed by atoms with Gasteiger partial charge in [0.25, 0.3) is 0 Å². The number of hydrogen-bond acceptors (Lipinski definition) is 4. The third-order valence-corrected chi connectivity index (χ3v) is 8.22. The van der Waals surface area contributed by atoms with Crippen LogP contribution in [0.5, 0.6) is 0 Å². The fourth-order valence-electron chi connectivity index (χ4n) is 5.15. The van der Waals surface area contributed by atoms with Gasteiger partial charge in [0.2, 0.25) is 10.7 Å². The van der Waals surface area contributed by atoms with E-state index in [1.165, 1.54) is 5.56 Å². The molecule has 0 N–H and O–H groups in total. The number of nitrogens with zero attached hydrogens (tertiary/aromatic N) is 1. The van der Waals surface area contributed by atoms with E-state index in [-0.39, 0.29) is 17.7 Å². The number of para-hydroxylation sites is 1. The highest BCUT2D eigenvalue weighted by molar-refractivity contribution is 8.00. The highest BCUT2D eigenvalue weighted by atomic mass is 32.2. The van der Waals surface area contributed by atoms with Crippen molar-refractivity contribution in [2.45, 2.75) is 29.6 Å². The van der Waals surface area contributed by atoms with E-state index in [1.807, 2.05) is 65.7 Å². The molecule has 0 radical (unpaired) electrons. The van der Waals surface area contributed by atoms with Gasteiger partial charge in [-0.1, -0.05) is 103 Å². The molecule has 3 nitrogen and oxygen atoms in total. The molecule has 4 aromatic carbocycles. The van der Waals surface area contributed by atoms with E-state index in [0.717, 1.165) is 33.7 Å². The zero-order valence-corrected chi connectivity index (χ0v) is 19.7. The number of aryl methyl sites for hydroxylation is 1. The summed E-state index contributed by atoms with van der Waals surface area (Å²) < 4.78 is 0. The monoisotopic (exact) mass is 463 g/mol. The molecule has 2 aliphatic heterocycles. The van der Waals surface area contributed by atoms with Crippen LogP contribution >= 0.6 is 11.8 Å². The number of rotatable bonds is 3. The first-order valence-electron chi connectivity index (χ1n) is 11.6. The summed E-state index contributed by atoms with van der Waals surface area (Å²) in [5.41, 5.74) is 6.21. The second-order valence-electron chi connectivity index (χ2n) is 8.94. The van der Waals surface area contributed by atoms with E-state index < -0.39 is 4.93 Å². The molecule has 0 aliphatic carbocycles. The molecule has 4 heteroatoms. The maximum atomic E-state index is 14.3. The van der Waals surface area contributed by atoms with Crippen LogP contribution in [0.2, 0.25) is 0 Å². The Bertz CT molecular complexity index is 1320. The molecule has 2 aliphatic rings.